The topological polar surface area (TPSA) is 26.3 Å². The van der Waals surface area contributed by atoms with Crippen LogP contribution in [0.1, 0.15) is 90.9 Å². The molecule has 2 aliphatic carbocycles. The monoisotopic (exact) mass is 320 g/mol. The van der Waals surface area contributed by atoms with Crippen LogP contribution >= 0.6 is 0 Å². The third kappa shape index (κ3) is 6.31. The van der Waals surface area contributed by atoms with Crippen molar-refractivity contribution in [2.75, 3.05) is 0 Å². The number of rotatable bonds is 7. The lowest BCUT2D eigenvalue weighted by atomic mass is 9.70. The summed E-state index contributed by atoms with van der Waals surface area (Å²) in [6, 6.07) is 0. The zero-order valence-corrected chi connectivity index (χ0v) is 15.3. The normalized spacial score (nSPS) is 32.1. The first-order chi connectivity index (χ1) is 11.2. The summed E-state index contributed by atoms with van der Waals surface area (Å²) in [5, 5.41) is 0. The molecule has 0 N–H and O–H groups in total. The number of unbranched alkanes of at least 4 members (excludes halogenated alkanes) is 2. The van der Waals surface area contributed by atoms with E-state index in [0.717, 1.165) is 30.6 Å². The van der Waals surface area contributed by atoms with Crippen molar-refractivity contribution >= 4 is 5.97 Å². The summed E-state index contributed by atoms with van der Waals surface area (Å²) >= 11 is 0. The average Bonchev–Trinajstić information content (AvgIpc) is 2.57. The molecule has 2 saturated carbocycles. The maximum absolute atomic E-state index is 11.5. The smallest absolute Gasteiger partial charge is 0.330 e. The third-order valence-corrected chi connectivity index (χ3v) is 6.08. The lowest BCUT2D eigenvalue weighted by Gasteiger charge is -2.37. The lowest BCUT2D eigenvalue weighted by Crippen LogP contribution is -2.29. The Morgan fingerprint density at radius 1 is 0.957 bits per heavy atom. The summed E-state index contributed by atoms with van der Waals surface area (Å²) in [6.07, 6.45) is 19.6. The van der Waals surface area contributed by atoms with E-state index in [0.29, 0.717) is 0 Å². The Morgan fingerprint density at radius 2 is 1.57 bits per heavy atom. The molecule has 0 amide bonds. The second-order valence-corrected chi connectivity index (χ2v) is 7.75. The van der Waals surface area contributed by atoms with Gasteiger partial charge in [0.1, 0.15) is 6.10 Å². The minimum atomic E-state index is -0.163. The molecule has 132 valence electrons. The Kier molecular flexibility index (Phi) is 8.19. The second kappa shape index (κ2) is 10.2. The number of hydrogen-bond donors (Lipinski definition) is 0. The highest BCUT2D eigenvalue weighted by Crippen LogP contribution is 2.41. The van der Waals surface area contributed by atoms with E-state index in [-0.39, 0.29) is 12.1 Å². The molecule has 0 atom stereocenters. The fourth-order valence-corrected chi connectivity index (χ4v) is 4.65. The number of esters is 1. The molecule has 2 nitrogen and oxygen atoms in total. The Morgan fingerprint density at radius 3 is 2.13 bits per heavy atom. The van der Waals surface area contributed by atoms with Crippen LogP contribution in [-0.4, -0.2) is 12.1 Å². The van der Waals surface area contributed by atoms with Crippen molar-refractivity contribution in [3.05, 3.63) is 12.2 Å². The van der Waals surface area contributed by atoms with Gasteiger partial charge in [-0.2, -0.15) is 0 Å². The van der Waals surface area contributed by atoms with E-state index >= 15 is 0 Å². The van der Waals surface area contributed by atoms with Gasteiger partial charge in [-0.05, 0) is 63.2 Å². The van der Waals surface area contributed by atoms with E-state index in [1.54, 1.807) is 6.08 Å². The van der Waals surface area contributed by atoms with Crippen LogP contribution in [0.3, 0.4) is 0 Å². The van der Waals surface area contributed by atoms with E-state index in [4.69, 9.17) is 4.74 Å². The molecule has 0 radical (unpaired) electrons. The highest BCUT2D eigenvalue weighted by atomic mass is 16.5. The number of allylic oxidation sites excluding steroid dienone is 1. The number of carbonyl (C=O) groups is 1. The van der Waals surface area contributed by atoms with Gasteiger partial charge in [-0.25, -0.2) is 4.79 Å². The average molecular weight is 321 g/mol. The Bertz CT molecular complexity index is 358. The van der Waals surface area contributed by atoms with Gasteiger partial charge in [-0.3, -0.25) is 0 Å². The molecule has 2 fully saturated rings. The van der Waals surface area contributed by atoms with Crippen LogP contribution in [-0.2, 0) is 9.53 Å². The van der Waals surface area contributed by atoms with E-state index in [2.05, 4.69) is 6.92 Å². The molecular formula is C21H36O2. The van der Waals surface area contributed by atoms with Gasteiger partial charge >= 0.3 is 5.97 Å². The van der Waals surface area contributed by atoms with Gasteiger partial charge in [0.05, 0.1) is 0 Å². The maximum atomic E-state index is 11.5. The minimum Gasteiger partial charge on any atom is -0.459 e. The quantitative estimate of drug-likeness (QED) is 0.324. The Hall–Kier alpha value is -0.790. The summed E-state index contributed by atoms with van der Waals surface area (Å²) in [5.74, 6) is 2.69. The van der Waals surface area contributed by atoms with Crippen molar-refractivity contribution in [1.82, 2.24) is 0 Å². The fourth-order valence-electron chi connectivity index (χ4n) is 4.65. The standard InChI is InChI=1S/C21H36O2/c1-3-5-6-8-17-9-11-18(12-10-17)19-13-15-20(16-14-19)23-21(22)7-4-2/h4,7,17-20H,3,5-6,8-16H2,1-2H3/b7-4+. The van der Waals surface area contributed by atoms with Gasteiger partial charge in [0.25, 0.3) is 0 Å². The van der Waals surface area contributed by atoms with Gasteiger partial charge in [0, 0.05) is 6.08 Å². The molecule has 2 heteroatoms. The molecule has 0 aromatic carbocycles. The largest absolute Gasteiger partial charge is 0.459 e. The van der Waals surface area contributed by atoms with Gasteiger partial charge in [0.2, 0.25) is 0 Å². The van der Waals surface area contributed by atoms with Crippen LogP contribution in [0.15, 0.2) is 12.2 Å². The molecule has 23 heavy (non-hydrogen) atoms. The Balaban J connectivity index is 1.63. The minimum absolute atomic E-state index is 0.163. The summed E-state index contributed by atoms with van der Waals surface area (Å²) < 4.78 is 5.51. The molecule has 0 unspecified atom stereocenters. The molecule has 0 aliphatic heterocycles. The predicted molar refractivity (Wildman–Crippen MR) is 96.2 cm³/mol. The zero-order chi connectivity index (χ0) is 16.5. The highest BCUT2D eigenvalue weighted by Gasteiger charge is 2.31. The van der Waals surface area contributed by atoms with Crippen molar-refractivity contribution in [3.63, 3.8) is 0 Å². The molecule has 0 aromatic rings. The van der Waals surface area contributed by atoms with Crippen LogP contribution in [0.5, 0.6) is 0 Å². The molecule has 0 saturated heterocycles. The fraction of sp³-hybridized carbons (Fsp3) is 0.857. The summed E-state index contributed by atoms with van der Waals surface area (Å²) in [7, 11) is 0. The highest BCUT2D eigenvalue weighted by molar-refractivity contribution is 5.81. The van der Waals surface area contributed by atoms with Crippen LogP contribution < -0.4 is 0 Å². The zero-order valence-electron chi connectivity index (χ0n) is 15.3. The molecule has 0 heterocycles. The first-order valence-electron chi connectivity index (χ1n) is 10.1. The van der Waals surface area contributed by atoms with Crippen molar-refractivity contribution < 1.29 is 9.53 Å². The van der Waals surface area contributed by atoms with Crippen molar-refractivity contribution in [2.24, 2.45) is 17.8 Å². The van der Waals surface area contributed by atoms with E-state index in [1.807, 2.05) is 6.92 Å². The van der Waals surface area contributed by atoms with Crippen molar-refractivity contribution in [2.45, 2.75) is 97.0 Å². The SMILES string of the molecule is C/C=C/C(=O)OC1CCC(C2CCC(CCCCC)CC2)CC1. The van der Waals surface area contributed by atoms with Crippen LogP contribution in [0.25, 0.3) is 0 Å². The molecule has 0 bridgehead atoms. The van der Waals surface area contributed by atoms with Crippen molar-refractivity contribution in [3.8, 4) is 0 Å². The summed E-state index contributed by atoms with van der Waals surface area (Å²) in [4.78, 5) is 11.5. The van der Waals surface area contributed by atoms with E-state index in [1.165, 1.54) is 70.3 Å². The molecule has 2 rings (SSSR count). The van der Waals surface area contributed by atoms with Crippen molar-refractivity contribution in [1.29, 1.82) is 0 Å². The Labute approximate surface area is 143 Å². The maximum Gasteiger partial charge on any atom is 0.330 e. The van der Waals surface area contributed by atoms with Gasteiger partial charge in [0.15, 0.2) is 0 Å². The number of carbonyl (C=O) groups excluding carboxylic acids is 1. The lowest BCUT2D eigenvalue weighted by molar-refractivity contribution is -0.145. The van der Waals surface area contributed by atoms with Crippen LogP contribution in [0.2, 0.25) is 0 Å². The predicted octanol–water partition coefficient (Wildman–Crippen LogP) is 6.05. The second-order valence-electron chi connectivity index (χ2n) is 7.75. The number of ether oxygens (including phenoxy) is 1. The van der Waals surface area contributed by atoms with E-state index in [9.17, 15) is 4.79 Å². The van der Waals surface area contributed by atoms with Gasteiger partial charge < -0.3 is 4.74 Å². The molecule has 0 aromatic heterocycles. The molecule has 2 aliphatic rings. The van der Waals surface area contributed by atoms with Gasteiger partial charge in [-0.1, -0.05) is 51.5 Å². The number of hydrogen-bond acceptors (Lipinski definition) is 2. The van der Waals surface area contributed by atoms with E-state index < -0.39 is 0 Å². The van der Waals surface area contributed by atoms with Crippen LogP contribution in [0.4, 0.5) is 0 Å². The van der Waals surface area contributed by atoms with Gasteiger partial charge in [-0.15, -0.1) is 0 Å². The molecule has 0 spiro atoms. The molecular weight excluding hydrogens is 284 g/mol. The first-order valence-corrected chi connectivity index (χ1v) is 10.1. The summed E-state index contributed by atoms with van der Waals surface area (Å²) in [6.45, 7) is 4.15. The van der Waals surface area contributed by atoms with Crippen LogP contribution in [0, 0.1) is 17.8 Å². The summed E-state index contributed by atoms with van der Waals surface area (Å²) in [5.41, 5.74) is 0. The third-order valence-electron chi connectivity index (χ3n) is 6.08. The first kappa shape index (κ1) is 18.5.